The fraction of sp³-hybridized carbons (Fsp3) is 0.281. The zero-order valence-electron chi connectivity index (χ0n) is 22.0. The maximum Gasteiger partial charge on any atom is 0.168 e. The third kappa shape index (κ3) is 6.84. The van der Waals surface area contributed by atoms with Crippen LogP contribution in [0.4, 0.5) is 17.6 Å². The number of nitrogens with zero attached hydrogens (tertiary/aromatic N) is 1. The van der Waals surface area contributed by atoms with E-state index in [9.17, 15) is 17.6 Å². The number of unbranched alkanes of at least 4 members (excludes halogenated alkanes) is 2. The number of aryl methyl sites for hydroxylation is 2. The first-order valence-corrected chi connectivity index (χ1v) is 13.1. The maximum absolute atomic E-state index is 14.9. The highest BCUT2D eigenvalue weighted by Gasteiger charge is 2.30. The van der Waals surface area contributed by atoms with Crippen molar-refractivity contribution in [1.29, 1.82) is 0 Å². The molecule has 1 unspecified atom stereocenters. The normalized spacial score (nSPS) is 15.2. The van der Waals surface area contributed by atoms with E-state index in [2.05, 4.69) is 18.5 Å². The zero-order valence-corrected chi connectivity index (χ0v) is 22.0. The Labute approximate surface area is 226 Å². The molecule has 0 aliphatic carbocycles. The molecule has 39 heavy (non-hydrogen) atoms. The molecule has 0 spiro atoms. The molecular formula is C32H32F4N2O. The van der Waals surface area contributed by atoms with Crippen LogP contribution in [-0.4, -0.2) is 12.8 Å². The number of benzene rings is 3. The monoisotopic (exact) mass is 536 g/mol. The summed E-state index contributed by atoms with van der Waals surface area (Å²) in [6.45, 7) is 6.29. The predicted octanol–water partition coefficient (Wildman–Crippen LogP) is 8.23. The lowest BCUT2D eigenvalue weighted by molar-refractivity contribution is 0.401. The van der Waals surface area contributed by atoms with Crippen LogP contribution < -0.4 is 5.73 Å². The Balaban J connectivity index is 1.40. The molecule has 4 rings (SSSR count). The quantitative estimate of drug-likeness (QED) is 0.110. The Bertz CT molecular complexity index is 1390. The summed E-state index contributed by atoms with van der Waals surface area (Å²) in [6.07, 6.45) is 7.21. The van der Waals surface area contributed by atoms with Crippen molar-refractivity contribution in [3.63, 3.8) is 0 Å². The molecule has 1 heterocycles. The minimum Gasteiger partial charge on any atom is -0.404 e. The summed E-state index contributed by atoms with van der Waals surface area (Å²) >= 11 is 0. The average Bonchev–Trinajstić information content (AvgIpc) is 3.78. The Hall–Kier alpha value is -3.71. The molecular weight excluding hydrogens is 504 g/mol. The summed E-state index contributed by atoms with van der Waals surface area (Å²) in [5.41, 5.74) is 8.56. The SMILES string of the molecule is C=C(N=C/C(=C\N)CCCCC)c1ccc(CCc2ccc(-c3ccc(C4CO4)c(F)c3F)cc2)c(F)c1F. The third-order valence-electron chi connectivity index (χ3n) is 6.88. The lowest BCUT2D eigenvalue weighted by Crippen LogP contribution is -2.01. The standard InChI is InChI=1S/C32H32F4N2O/c1-3-4-5-6-22(17-37)18-38-20(2)25-14-13-24(29(33)30(25)34)12-9-21-7-10-23(11-8-21)26-15-16-27(28-19-39-28)32(36)31(26)35/h7-8,10-11,13-18,28H,2-6,9,12,19,37H2,1H3/b22-17-,38-18?. The molecule has 0 aromatic heterocycles. The number of hydrogen-bond acceptors (Lipinski definition) is 3. The molecule has 1 atom stereocenters. The Morgan fingerprint density at radius 1 is 0.949 bits per heavy atom. The Kier molecular flexibility index (Phi) is 9.36. The summed E-state index contributed by atoms with van der Waals surface area (Å²) in [4.78, 5) is 4.20. The van der Waals surface area contributed by atoms with Crippen LogP contribution in [0.1, 0.15) is 61.0 Å². The van der Waals surface area contributed by atoms with Crippen molar-refractivity contribution in [2.45, 2.75) is 51.6 Å². The molecule has 3 aromatic carbocycles. The lowest BCUT2D eigenvalue weighted by Gasteiger charge is -2.10. The van der Waals surface area contributed by atoms with Gasteiger partial charge in [-0.25, -0.2) is 17.6 Å². The molecule has 0 amide bonds. The molecule has 0 bridgehead atoms. The van der Waals surface area contributed by atoms with Crippen LogP contribution >= 0.6 is 0 Å². The minimum atomic E-state index is -0.994. The lowest BCUT2D eigenvalue weighted by atomic mass is 9.97. The molecule has 1 aliphatic heterocycles. The van der Waals surface area contributed by atoms with Crippen LogP contribution in [0.15, 0.2) is 71.9 Å². The van der Waals surface area contributed by atoms with Gasteiger partial charge in [0.1, 0.15) is 6.10 Å². The first-order valence-electron chi connectivity index (χ1n) is 13.1. The topological polar surface area (TPSA) is 50.9 Å². The molecule has 1 fully saturated rings. The summed E-state index contributed by atoms with van der Waals surface area (Å²) < 4.78 is 63.8. The number of epoxide rings is 1. The van der Waals surface area contributed by atoms with Gasteiger partial charge in [0.05, 0.1) is 12.3 Å². The second-order valence-electron chi connectivity index (χ2n) is 9.65. The van der Waals surface area contributed by atoms with Gasteiger partial charge in [-0.3, -0.25) is 4.99 Å². The van der Waals surface area contributed by atoms with Crippen LogP contribution in [0.5, 0.6) is 0 Å². The average molecular weight is 537 g/mol. The molecule has 7 heteroatoms. The number of halogens is 4. The fourth-order valence-electron chi connectivity index (χ4n) is 4.40. The fourth-order valence-corrected chi connectivity index (χ4v) is 4.40. The van der Waals surface area contributed by atoms with E-state index in [1.807, 2.05) is 0 Å². The van der Waals surface area contributed by atoms with Crippen molar-refractivity contribution < 1.29 is 22.3 Å². The smallest absolute Gasteiger partial charge is 0.168 e. The van der Waals surface area contributed by atoms with Crippen molar-refractivity contribution in [2.75, 3.05) is 6.61 Å². The maximum atomic E-state index is 14.9. The predicted molar refractivity (Wildman–Crippen MR) is 148 cm³/mol. The zero-order chi connectivity index (χ0) is 27.9. The Morgan fingerprint density at radius 3 is 2.36 bits per heavy atom. The second-order valence-corrected chi connectivity index (χ2v) is 9.65. The van der Waals surface area contributed by atoms with Gasteiger partial charge >= 0.3 is 0 Å². The van der Waals surface area contributed by atoms with Crippen molar-refractivity contribution >= 4 is 11.9 Å². The van der Waals surface area contributed by atoms with E-state index in [0.29, 0.717) is 18.6 Å². The van der Waals surface area contributed by atoms with E-state index in [0.717, 1.165) is 36.8 Å². The molecule has 204 valence electrons. The second kappa shape index (κ2) is 12.9. The molecule has 3 nitrogen and oxygen atoms in total. The minimum absolute atomic E-state index is 0.00434. The molecule has 2 N–H and O–H groups in total. The third-order valence-corrected chi connectivity index (χ3v) is 6.88. The molecule has 3 aromatic rings. The number of nitrogens with two attached hydrogens (primary N) is 1. The summed E-state index contributed by atoms with van der Waals surface area (Å²) in [5, 5.41) is 0. The number of aliphatic imine (C=N–C) groups is 1. The molecule has 0 saturated carbocycles. The number of rotatable bonds is 12. The van der Waals surface area contributed by atoms with Gasteiger partial charge in [0.25, 0.3) is 0 Å². The van der Waals surface area contributed by atoms with Crippen LogP contribution in [0.2, 0.25) is 0 Å². The van der Waals surface area contributed by atoms with Gasteiger partial charge < -0.3 is 10.5 Å². The first kappa shape index (κ1) is 28.3. The van der Waals surface area contributed by atoms with Gasteiger partial charge in [0.2, 0.25) is 0 Å². The van der Waals surface area contributed by atoms with Crippen LogP contribution in [0.3, 0.4) is 0 Å². The van der Waals surface area contributed by atoms with Crippen molar-refractivity contribution in [3.05, 3.63) is 112 Å². The van der Waals surface area contributed by atoms with Crippen molar-refractivity contribution in [3.8, 4) is 11.1 Å². The number of allylic oxidation sites excluding steroid dienone is 1. The number of ether oxygens (including phenoxy) is 1. The van der Waals surface area contributed by atoms with E-state index in [1.54, 1.807) is 42.6 Å². The van der Waals surface area contributed by atoms with E-state index < -0.39 is 23.3 Å². The Morgan fingerprint density at radius 2 is 1.69 bits per heavy atom. The van der Waals surface area contributed by atoms with Crippen molar-refractivity contribution in [2.24, 2.45) is 10.7 Å². The highest BCUT2D eigenvalue weighted by molar-refractivity contribution is 5.84. The highest BCUT2D eigenvalue weighted by Crippen LogP contribution is 2.35. The molecule has 1 aliphatic rings. The van der Waals surface area contributed by atoms with Gasteiger partial charge in [-0.05, 0) is 60.2 Å². The molecule has 0 radical (unpaired) electrons. The summed E-state index contributed by atoms with van der Waals surface area (Å²) in [5.74, 6) is -3.73. The largest absolute Gasteiger partial charge is 0.404 e. The summed E-state index contributed by atoms with van der Waals surface area (Å²) in [7, 11) is 0. The molecule has 1 saturated heterocycles. The van der Waals surface area contributed by atoms with E-state index in [1.165, 1.54) is 18.3 Å². The van der Waals surface area contributed by atoms with Crippen molar-refractivity contribution in [1.82, 2.24) is 0 Å². The van der Waals surface area contributed by atoms with Gasteiger partial charge in [0, 0.05) is 22.9 Å². The van der Waals surface area contributed by atoms with Crippen LogP contribution in [-0.2, 0) is 17.6 Å². The van der Waals surface area contributed by atoms with Gasteiger partial charge in [-0.1, -0.05) is 68.8 Å². The van der Waals surface area contributed by atoms with E-state index >= 15 is 0 Å². The van der Waals surface area contributed by atoms with Gasteiger partial charge in [-0.2, -0.15) is 0 Å². The summed E-state index contributed by atoms with van der Waals surface area (Å²) in [6, 6.07) is 13.0. The number of hydrogen-bond donors (Lipinski definition) is 1. The van der Waals surface area contributed by atoms with E-state index in [-0.39, 0.29) is 40.5 Å². The van der Waals surface area contributed by atoms with Crippen LogP contribution in [0.25, 0.3) is 16.8 Å². The van der Waals surface area contributed by atoms with E-state index in [4.69, 9.17) is 10.5 Å². The highest BCUT2D eigenvalue weighted by atomic mass is 19.2. The van der Waals surface area contributed by atoms with Crippen LogP contribution in [0, 0.1) is 23.3 Å². The van der Waals surface area contributed by atoms with Gasteiger partial charge in [-0.15, -0.1) is 0 Å². The first-order chi connectivity index (χ1) is 18.8. The van der Waals surface area contributed by atoms with Gasteiger partial charge in [0.15, 0.2) is 23.3 Å².